The summed E-state index contributed by atoms with van der Waals surface area (Å²) in [6, 6.07) is 21.8. The van der Waals surface area contributed by atoms with E-state index >= 15 is 0 Å². The molecule has 0 nitrogen and oxygen atoms in total. The predicted octanol–water partition coefficient (Wildman–Crippen LogP) is 5.20. The number of hydrogen-bond acceptors (Lipinski definition) is 0. The molecule has 0 fully saturated rings. The molecule has 2 aromatic rings. The van der Waals surface area contributed by atoms with Crippen molar-refractivity contribution in [2.24, 2.45) is 0 Å². The summed E-state index contributed by atoms with van der Waals surface area (Å²) in [5.41, 5.74) is 2.95. The molecule has 0 aromatic heterocycles. The molecular formula is C18H22. The third-order valence-electron chi connectivity index (χ3n) is 3.53. The van der Waals surface area contributed by atoms with E-state index in [2.05, 4.69) is 67.6 Å². The van der Waals surface area contributed by atoms with Crippen molar-refractivity contribution < 1.29 is 0 Å². The standard InChI is InChI=1S/C18H22/c1-2-9-17(18-12-7-4-8-13-18)15-14-16-10-5-3-6-11-16/h3-8,10-13,17H,2,9,14-15H2,1H3. The van der Waals surface area contributed by atoms with Gasteiger partial charge in [0, 0.05) is 0 Å². The van der Waals surface area contributed by atoms with Gasteiger partial charge in [0.1, 0.15) is 0 Å². The van der Waals surface area contributed by atoms with E-state index in [0.29, 0.717) is 5.92 Å². The SMILES string of the molecule is CCCC(CCc1ccccc1)c1ccccc1. The summed E-state index contributed by atoms with van der Waals surface area (Å²) >= 11 is 0. The molecule has 0 N–H and O–H groups in total. The van der Waals surface area contributed by atoms with Gasteiger partial charge in [-0.15, -0.1) is 0 Å². The Labute approximate surface area is 111 Å². The van der Waals surface area contributed by atoms with Gasteiger partial charge in [0.25, 0.3) is 0 Å². The molecule has 1 atom stereocenters. The minimum Gasteiger partial charge on any atom is -0.0654 e. The molecule has 0 radical (unpaired) electrons. The first-order valence-electron chi connectivity index (χ1n) is 6.99. The van der Waals surface area contributed by atoms with Crippen LogP contribution in [0.5, 0.6) is 0 Å². The van der Waals surface area contributed by atoms with E-state index < -0.39 is 0 Å². The molecule has 0 saturated heterocycles. The molecule has 0 amide bonds. The molecule has 2 aromatic carbocycles. The molecule has 0 spiro atoms. The number of benzene rings is 2. The lowest BCUT2D eigenvalue weighted by Gasteiger charge is -2.16. The zero-order valence-electron chi connectivity index (χ0n) is 11.2. The molecule has 1 unspecified atom stereocenters. The van der Waals surface area contributed by atoms with Gasteiger partial charge in [-0.3, -0.25) is 0 Å². The fraction of sp³-hybridized carbons (Fsp3) is 0.333. The van der Waals surface area contributed by atoms with E-state index in [0.717, 1.165) is 0 Å². The predicted molar refractivity (Wildman–Crippen MR) is 78.9 cm³/mol. The van der Waals surface area contributed by atoms with Gasteiger partial charge >= 0.3 is 0 Å². The van der Waals surface area contributed by atoms with Crippen LogP contribution in [-0.4, -0.2) is 0 Å². The van der Waals surface area contributed by atoms with Crippen LogP contribution in [0.2, 0.25) is 0 Å². The van der Waals surface area contributed by atoms with Crippen LogP contribution in [0, 0.1) is 0 Å². The molecule has 94 valence electrons. The molecule has 0 heteroatoms. The molecule has 0 aliphatic carbocycles. The first-order chi connectivity index (χ1) is 8.90. The second-order valence-corrected chi connectivity index (χ2v) is 4.92. The lowest BCUT2D eigenvalue weighted by atomic mass is 9.89. The van der Waals surface area contributed by atoms with Crippen LogP contribution in [0.25, 0.3) is 0 Å². The highest BCUT2D eigenvalue weighted by atomic mass is 14.1. The Hall–Kier alpha value is -1.56. The van der Waals surface area contributed by atoms with Gasteiger partial charge in [-0.2, -0.15) is 0 Å². The summed E-state index contributed by atoms with van der Waals surface area (Å²) in [4.78, 5) is 0. The largest absolute Gasteiger partial charge is 0.0654 e. The van der Waals surface area contributed by atoms with Gasteiger partial charge in [0.15, 0.2) is 0 Å². The molecule has 0 heterocycles. The summed E-state index contributed by atoms with van der Waals surface area (Å²) in [5, 5.41) is 0. The topological polar surface area (TPSA) is 0 Å². The minimum absolute atomic E-state index is 0.705. The van der Waals surface area contributed by atoms with Crippen molar-refractivity contribution in [3.05, 3.63) is 71.8 Å². The van der Waals surface area contributed by atoms with Crippen molar-refractivity contribution in [2.45, 2.75) is 38.5 Å². The number of aryl methyl sites for hydroxylation is 1. The van der Waals surface area contributed by atoms with E-state index in [1.54, 1.807) is 0 Å². The van der Waals surface area contributed by atoms with Crippen molar-refractivity contribution in [3.8, 4) is 0 Å². The Morgan fingerprint density at radius 3 is 2.00 bits per heavy atom. The average Bonchev–Trinajstić information content (AvgIpc) is 2.45. The monoisotopic (exact) mass is 238 g/mol. The Bertz CT molecular complexity index is 430. The number of rotatable bonds is 6. The Balaban J connectivity index is 1.99. The smallest absolute Gasteiger partial charge is 0.0159 e. The van der Waals surface area contributed by atoms with E-state index in [4.69, 9.17) is 0 Å². The highest BCUT2D eigenvalue weighted by Gasteiger charge is 2.10. The molecule has 0 aliphatic heterocycles. The normalized spacial score (nSPS) is 12.3. The Morgan fingerprint density at radius 1 is 0.778 bits per heavy atom. The van der Waals surface area contributed by atoms with Crippen LogP contribution >= 0.6 is 0 Å². The zero-order valence-corrected chi connectivity index (χ0v) is 11.2. The molecule has 18 heavy (non-hydrogen) atoms. The fourth-order valence-electron chi connectivity index (χ4n) is 2.54. The second-order valence-electron chi connectivity index (χ2n) is 4.92. The van der Waals surface area contributed by atoms with Crippen LogP contribution in [0.3, 0.4) is 0 Å². The van der Waals surface area contributed by atoms with E-state index in [1.807, 2.05) is 0 Å². The lowest BCUT2D eigenvalue weighted by Crippen LogP contribution is -2.00. The van der Waals surface area contributed by atoms with Gasteiger partial charge in [0.05, 0.1) is 0 Å². The maximum Gasteiger partial charge on any atom is -0.0159 e. The Kier molecular flexibility index (Phi) is 5.01. The van der Waals surface area contributed by atoms with Gasteiger partial charge in [-0.1, -0.05) is 74.0 Å². The summed E-state index contributed by atoms with van der Waals surface area (Å²) in [5.74, 6) is 0.705. The highest BCUT2D eigenvalue weighted by Crippen LogP contribution is 2.26. The first-order valence-corrected chi connectivity index (χ1v) is 6.99. The first kappa shape index (κ1) is 12.9. The van der Waals surface area contributed by atoms with E-state index in [9.17, 15) is 0 Å². The van der Waals surface area contributed by atoms with E-state index in [-0.39, 0.29) is 0 Å². The van der Waals surface area contributed by atoms with Crippen molar-refractivity contribution in [1.82, 2.24) is 0 Å². The average molecular weight is 238 g/mol. The van der Waals surface area contributed by atoms with Crippen LogP contribution in [0.4, 0.5) is 0 Å². The summed E-state index contributed by atoms with van der Waals surface area (Å²) < 4.78 is 0. The van der Waals surface area contributed by atoms with Crippen molar-refractivity contribution in [3.63, 3.8) is 0 Å². The molecule has 0 saturated carbocycles. The summed E-state index contributed by atoms with van der Waals surface area (Å²) in [6.45, 7) is 2.28. The van der Waals surface area contributed by atoms with Crippen molar-refractivity contribution >= 4 is 0 Å². The lowest BCUT2D eigenvalue weighted by molar-refractivity contribution is 0.568. The van der Waals surface area contributed by atoms with Crippen molar-refractivity contribution in [1.29, 1.82) is 0 Å². The second kappa shape index (κ2) is 7.00. The van der Waals surface area contributed by atoms with Crippen LogP contribution in [0.1, 0.15) is 43.2 Å². The summed E-state index contributed by atoms with van der Waals surface area (Å²) in [7, 11) is 0. The maximum absolute atomic E-state index is 2.28. The van der Waals surface area contributed by atoms with Crippen molar-refractivity contribution in [2.75, 3.05) is 0 Å². The molecule has 0 aliphatic rings. The van der Waals surface area contributed by atoms with Crippen LogP contribution < -0.4 is 0 Å². The van der Waals surface area contributed by atoms with Gasteiger partial charge in [0.2, 0.25) is 0 Å². The fourth-order valence-corrected chi connectivity index (χ4v) is 2.54. The van der Waals surface area contributed by atoms with Gasteiger partial charge < -0.3 is 0 Å². The molecule has 2 rings (SSSR count). The Morgan fingerprint density at radius 2 is 1.39 bits per heavy atom. The van der Waals surface area contributed by atoms with Gasteiger partial charge in [-0.05, 0) is 36.3 Å². The minimum atomic E-state index is 0.705. The molecular weight excluding hydrogens is 216 g/mol. The quantitative estimate of drug-likeness (QED) is 0.648. The van der Waals surface area contributed by atoms with Gasteiger partial charge in [-0.25, -0.2) is 0 Å². The third kappa shape index (κ3) is 3.73. The summed E-state index contributed by atoms with van der Waals surface area (Å²) in [6.07, 6.45) is 4.98. The van der Waals surface area contributed by atoms with Crippen LogP contribution in [0.15, 0.2) is 60.7 Å². The zero-order chi connectivity index (χ0) is 12.6. The third-order valence-corrected chi connectivity index (χ3v) is 3.53. The highest BCUT2D eigenvalue weighted by molar-refractivity contribution is 5.21. The number of hydrogen-bond donors (Lipinski definition) is 0. The van der Waals surface area contributed by atoms with Crippen LogP contribution in [-0.2, 0) is 6.42 Å². The molecule has 0 bridgehead atoms. The maximum atomic E-state index is 2.28. The van der Waals surface area contributed by atoms with E-state index in [1.165, 1.54) is 36.8 Å².